The third kappa shape index (κ3) is 11.1. The van der Waals surface area contributed by atoms with Crippen molar-refractivity contribution in [2.75, 3.05) is 13.1 Å². The first-order valence-corrected chi connectivity index (χ1v) is 16.6. The Bertz CT molecular complexity index is 1010. The molecule has 0 spiro atoms. The summed E-state index contributed by atoms with van der Waals surface area (Å²) in [6.45, 7) is 8.70. The van der Waals surface area contributed by atoms with Crippen molar-refractivity contribution in [2.24, 2.45) is 5.92 Å². The highest BCUT2D eigenvalue weighted by Crippen LogP contribution is 2.25. The standard InChI is InChI=1S/C34H52BrN3O2/c1-4-5-6-7-8-9-13-18-33(39)37(24-28(2)3)27-34(40)38(31-15-11-10-12-16-31)26-32-17-14-23-36(32)25-29-19-21-30(35)22-20-29/h14,17,19-23,28,31H,4-13,15-16,18,24-27H2,1-3H3. The normalized spacial score (nSPS) is 14.0. The lowest BCUT2D eigenvalue weighted by Gasteiger charge is -2.36. The Labute approximate surface area is 251 Å². The van der Waals surface area contributed by atoms with Gasteiger partial charge in [0, 0.05) is 41.9 Å². The Morgan fingerprint density at radius 2 is 1.60 bits per heavy atom. The minimum atomic E-state index is 0.0943. The molecule has 0 bridgehead atoms. The summed E-state index contributed by atoms with van der Waals surface area (Å²) in [6, 6.07) is 12.9. The summed E-state index contributed by atoms with van der Waals surface area (Å²) >= 11 is 3.52. The molecule has 0 N–H and O–H groups in total. The van der Waals surface area contributed by atoms with Crippen LogP contribution in [-0.2, 0) is 22.7 Å². The number of halogens is 1. The minimum Gasteiger partial charge on any atom is -0.345 e. The lowest BCUT2D eigenvalue weighted by molar-refractivity contribution is -0.143. The van der Waals surface area contributed by atoms with E-state index in [4.69, 9.17) is 0 Å². The average molecular weight is 615 g/mol. The van der Waals surface area contributed by atoms with Crippen LogP contribution in [0, 0.1) is 5.92 Å². The van der Waals surface area contributed by atoms with Gasteiger partial charge in [0.25, 0.3) is 0 Å². The summed E-state index contributed by atoms with van der Waals surface area (Å²) in [7, 11) is 0. The van der Waals surface area contributed by atoms with Gasteiger partial charge in [-0.25, -0.2) is 0 Å². The first-order valence-electron chi connectivity index (χ1n) is 15.8. The number of carbonyl (C=O) groups excluding carboxylic acids is 2. The first-order chi connectivity index (χ1) is 19.4. The third-order valence-electron chi connectivity index (χ3n) is 8.12. The van der Waals surface area contributed by atoms with E-state index in [1.165, 1.54) is 56.9 Å². The molecule has 1 aromatic heterocycles. The molecule has 0 atom stereocenters. The van der Waals surface area contributed by atoms with Gasteiger partial charge in [0.1, 0.15) is 0 Å². The van der Waals surface area contributed by atoms with Crippen molar-refractivity contribution in [2.45, 2.75) is 123 Å². The van der Waals surface area contributed by atoms with Crippen LogP contribution < -0.4 is 0 Å². The fraction of sp³-hybridized carbons (Fsp3) is 0.647. The molecular weight excluding hydrogens is 562 g/mol. The maximum absolute atomic E-state index is 14.0. The van der Waals surface area contributed by atoms with Gasteiger partial charge in [0.05, 0.1) is 13.1 Å². The third-order valence-corrected chi connectivity index (χ3v) is 8.65. The largest absolute Gasteiger partial charge is 0.345 e. The van der Waals surface area contributed by atoms with Crippen molar-refractivity contribution in [3.8, 4) is 0 Å². The van der Waals surface area contributed by atoms with Gasteiger partial charge >= 0.3 is 0 Å². The van der Waals surface area contributed by atoms with Crippen molar-refractivity contribution in [3.63, 3.8) is 0 Å². The molecule has 40 heavy (non-hydrogen) atoms. The SMILES string of the molecule is CCCCCCCCCC(=O)N(CC(=O)N(Cc1cccn1Cc1ccc(Br)cc1)C1CCCCC1)CC(C)C. The Morgan fingerprint density at radius 1 is 0.925 bits per heavy atom. The minimum absolute atomic E-state index is 0.0943. The molecule has 0 unspecified atom stereocenters. The molecular formula is C34H52BrN3O2. The summed E-state index contributed by atoms with van der Waals surface area (Å²) in [4.78, 5) is 31.2. The Balaban J connectivity index is 1.66. The first kappa shape index (κ1) is 32.4. The van der Waals surface area contributed by atoms with Gasteiger partial charge in [0.2, 0.25) is 11.8 Å². The lowest BCUT2D eigenvalue weighted by atomic mass is 9.94. The summed E-state index contributed by atoms with van der Waals surface area (Å²) in [5.41, 5.74) is 2.38. The van der Waals surface area contributed by atoms with Crippen LogP contribution in [0.1, 0.15) is 115 Å². The van der Waals surface area contributed by atoms with E-state index in [1.807, 2.05) is 4.90 Å². The van der Waals surface area contributed by atoms with Crippen LogP contribution in [0.2, 0.25) is 0 Å². The van der Waals surface area contributed by atoms with Crippen LogP contribution in [0.3, 0.4) is 0 Å². The van der Waals surface area contributed by atoms with Gasteiger partial charge in [-0.2, -0.15) is 0 Å². The highest BCUT2D eigenvalue weighted by atomic mass is 79.9. The maximum Gasteiger partial charge on any atom is 0.242 e. The second-order valence-corrected chi connectivity index (χ2v) is 13.0. The number of carbonyl (C=O) groups is 2. The van der Waals surface area contributed by atoms with Crippen LogP contribution in [0.25, 0.3) is 0 Å². The van der Waals surface area contributed by atoms with Gasteiger partial charge in [0.15, 0.2) is 0 Å². The summed E-state index contributed by atoms with van der Waals surface area (Å²) in [6.07, 6.45) is 16.7. The highest BCUT2D eigenvalue weighted by Gasteiger charge is 2.29. The second-order valence-electron chi connectivity index (χ2n) is 12.1. The van der Waals surface area contributed by atoms with Crippen LogP contribution in [0.5, 0.6) is 0 Å². The predicted molar refractivity (Wildman–Crippen MR) is 169 cm³/mol. The molecule has 1 aromatic carbocycles. The molecule has 1 aliphatic rings. The van der Waals surface area contributed by atoms with Crippen LogP contribution in [0.15, 0.2) is 47.1 Å². The van der Waals surface area contributed by atoms with E-state index in [-0.39, 0.29) is 24.4 Å². The van der Waals surface area contributed by atoms with Crippen LogP contribution >= 0.6 is 15.9 Å². The van der Waals surface area contributed by atoms with E-state index in [2.05, 4.69) is 88.8 Å². The van der Waals surface area contributed by atoms with Gasteiger partial charge in [-0.05, 0) is 55.0 Å². The van der Waals surface area contributed by atoms with Gasteiger partial charge in [-0.1, -0.05) is 107 Å². The summed E-state index contributed by atoms with van der Waals surface area (Å²) in [5.74, 6) is 0.562. The van der Waals surface area contributed by atoms with Crippen molar-refractivity contribution < 1.29 is 9.59 Å². The molecule has 0 aliphatic heterocycles. The van der Waals surface area contributed by atoms with Crippen molar-refractivity contribution in [1.29, 1.82) is 0 Å². The molecule has 6 heteroatoms. The number of nitrogens with zero attached hydrogens (tertiary/aromatic N) is 3. The van der Waals surface area contributed by atoms with Crippen LogP contribution in [0.4, 0.5) is 0 Å². The molecule has 5 nitrogen and oxygen atoms in total. The number of amides is 2. The smallest absolute Gasteiger partial charge is 0.242 e. The molecule has 2 amide bonds. The zero-order chi connectivity index (χ0) is 28.7. The average Bonchev–Trinajstić information content (AvgIpc) is 3.38. The van der Waals surface area contributed by atoms with E-state index in [0.717, 1.165) is 42.4 Å². The number of benzene rings is 1. The van der Waals surface area contributed by atoms with Gasteiger partial charge in [-0.3, -0.25) is 9.59 Å². The van der Waals surface area contributed by atoms with Crippen molar-refractivity contribution >= 4 is 27.7 Å². The zero-order valence-corrected chi connectivity index (χ0v) is 26.8. The van der Waals surface area contributed by atoms with E-state index in [0.29, 0.717) is 25.4 Å². The fourth-order valence-electron chi connectivity index (χ4n) is 5.86. The number of hydrogen-bond acceptors (Lipinski definition) is 2. The highest BCUT2D eigenvalue weighted by molar-refractivity contribution is 9.10. The Hall–Kier alpha value is -2.08. The number of aromatic nitrogens is 1. The molecule has 0 radical (unpaired) electrons. The molecule has 1 heterocycles. The molecule has 2 aromatic rings. The van der Waals surface area contributed by atoms with E-state index < -0.39 is 0 Å². The molecule has 1 saturated carbocycles. The zero-order valence-electron chi connectivity index (χ0n) is 25.3. The quantitative estimate of drug-likeness (QED) is 0.168. The molecule has 1 fully saturated rings. The Morgan fingerprint density at radius 3 is 2.27 bits per heavy atom. The van der Waals surface area contributed by atoms with Crippen molar-refractivity contribution in [1.82, 2.24) is 14.4 Å². The van der Waals surface area contributed by atoms with Gasteiger partial charge < -0.3 is 14.4 Å². The van der Waals surface area contributed by atoms with Crippen LogP contribution in [-0.4, -0.2) is 45.3 Å². The fourth-order valence-corrected chi connectivity index (χ4v) is 6.13. The topological polar surface area (TPSA) is 45.6 Å². The lowest BCUT2D eigenvalue weighted by Crippen LogP contribution is -2.48. The second kappa shape index (κ2) is 17.7. The van der Waals surface area contributed by atoms with E-state index in [1.54, 1.807) is 0 Å². The summed E-state index contributed by atoms with van der Waals surface area (Å²) in [5, 5.41) is 0. The number of hydrogen-bond donors (Lipinski definition) is 0. The molecule has 0 saturated heterocycles. The number of unbranched alkanes of at least 4 members (excludes halogenated alkanes) is 6. The summed E-state index contributed by atoms with van der Waals surface area (Å²) < 4.78 is 3.33. The van der Waals surface area contributed by atoms with E-state index in [9.17, 15) is 9.59 Å². The van der Waals surface area contributed by atoms with E-state index >= 15 is 0 Å². The molecule has 222 valence electrons. The molecule has 3 rings (SSSR count). The van der Waals surface area contributed by atoms with Crippen molar-refractivity contribution in [3.05, 3.63) is 58.3 Å². The Kier molecular flexibility index (Phi) is 14.3. The number of rotatable bonds is 17. The maximum atomic E-state index is 14.0. The monoisotopic (exact) mass is 613 g/mol. The predicted octanol–water partition coefficient (Wildman–Crippen LogP) is 8.59. The van der Waals surface area contributed by atoms with Gasteiger partial charge in [-0.15, -0.1) is 0 Å². The molecule has 1 aliphatic carbocycles.